The number of nitrogens with one attached hydrogen (secondary N) is 1. The van der Waals surface area contributed by atoms with Crippen LogP contribution in [0.25, 0.3) is 0 Å². The van der Waals surface area contributed by atoms with Gasteiger partial charge in [-0.1, -0.05) is 12.8 Å². The van der Waals surface area contributed by atoms with Crippen LogP contribution >= 0.6 is 0 Å². The summed E-state index contributed by atoms with van der Waals surface area (Å²) in [6.07, 6.45) is 12.5. The zero-order valence-corrected chi connectivity index (χ0v) is 18.2. The Kier molecular flexibility index (Phi) is 5.30. The van der Waals surface area contributed by atoms with Crippen molar-refractivity contribution in [1.82, 2.24) is 10.2 Å². The molecule has 0 aromatic carbocycles. The van der Waals surface area contributed by atoms with E-state index in [2.05, 4.69) is 12.2 Å². The SMILES string of the molecule is C[C@H](NC(=O)COC(=O)[C@@H]1CC(=O)N(C2CCCC2)C1)C12CC3CC(CC(C3)C1)C2. The van der Waals surface area contributed by atoms with Crippen molar-refractivity contribution in [2.24, 2.45) is 29.1 Å². The van der Waals surface area contributed by atoms with Gasteiger partial charge in [0.2, 0.25) is 5.91 Å². The number of hydrogen-bond donors (Lipinski definition) is 1. The van der Waals surface area contributed by atoms with Gasteiger partial charge >= 0.3 is 5.97 Å². The van der Waals surface area contributed by atoms with E-state index in [0.717, 1.165) is 43.4 Å². The first-order chi connectivity index (χ1) is 14.4. The van der Waals surface area contributed by atoms with E-state index >= 15 is 0 Å². The van der Waals surface area contributed by atoms with E-state index < -0.39 is 11.9 Å². The molecule has 166 valence electrons. The number of amides is 2. The fourth-order valence-corrected chi connectivity index (χ4v) is 7.86. The van der Waals surface area contributed by atoms with Crippen molar-refractivity contribution < 1.29 is 19.1 Å². The first-order valence-electron chi connectivity index (χ1n) is 12.2. The Morgan fingerprint density at radius 3 is 2.30 bits per heavy atom. The summed E-state index contributed by atoms with van der Waals surface area (Å²) in [5, 5.41) is 3.15. The van der Waals surface area contributed by atoms with Crippen molar-refractivity contribution in [2.45, 2.75) is 89.6 Å². The molecule has 2 amide bonds. The Morgan fingerprint density at radius 2 is 1.70 bits per heavy atom. The van der Waals surface area contributed by atoms with Crippen molar-refractivity contribution in [3.8, 4) is 0 Å². The van der Waals surface area contributed by atoms with E-state index in [4.69, 9.17) is 4.74 Å². The summed E-state index contributed by atoms with van der Waals surface area (Å²) in [6.45, 7) is 2.36. The predicted molar refractivity (Wildman–Crippen MR) is 111 cm³/mol. The molecule has 1 N–H and O–H groups in total. The standard InChI is InChI=1S/C24H36N2O4/c1-15(24-10-16-6-17(11-24)8-18(7-16)12-24)25-21(27)14-30-23(29)19-9-22(28)26(13-19)20-4-2-3-5-20/h15-20H,2-14H2,1H3,(H,25,27)/t15-,16?,17?,18?,19+,24?/m0/s1. The van der Waals surface area contributed by atoms with Gasteiger partial charge in [0.15, 0.2) is 6.61 Å². The number of likely N-dealkylation sites (tertiary alicyclic amines) is 1. The molecule has 5 aliphatic carbocycles. The van der Waals surface area contributed by atoms with Crippen LogP contribution in [0, 0.1) is 29.1 Å². The second-order valence-electron chi connectivity index (χ2n) is 11.1. The summed E-state index contributed by atoms with van der Waals surface area (Å²) in [5.41, 5.74) is 0.244. The summed E-state index contributed by atoms with van der Waals surface area (Å²) >= 11 is 0. The van der Waals surface area contributed by atoms with Crippen molar-refractivity contribution >= 4 is 17.8 Å². The van der Waals surface area contributed by atoms with E-state index in [1.54, 1.807) is 0 Å². The number of nitrogens with zero attached hydrogens (tertiary/aromatic N) is 1. The van der Waals surface area contributed by atoms with Crippen LogP contribution in [0.15, 0.2) is 0 Å². The summed E-state index contributed by atoms with van der Waals surface area (Å²) < 4.78 is 5.34. The lowest BCUT2D eigenvalue weighted by Gasteiger charge is -2.59. The van der Waals surface area contributed by atoms with Gasteiger partial charge in [-0.05, 0) is 81.5 Å². The average Bonchev–Trinajstić information content (AvgIpc) is 3.34. The second-order valence-corrected chi connectivity index (χ2v) is 11.1. The topological polar surface area (TPSA) is 75.7 Å². The average molecular weight is 417 g/mol. The molecule has 1 heterocycles. The highest BCUT2D eigenvalue weighted by Gasteiger charge is 2.53. The Hall–Kier alpha value is -1.59. The van der Waals surface area contributed by atoms with Crippen LogP contribution in [0.3, 0.4) is 0 Å². The molecule has 6 fully saturated rings. The number of hydrogen-bond acceptors (Lipinski definition) is 4. The zero-order valence-electron chi connectivity index (χ0n) is 18.2. The molecule has 0 aromatic heterocycles. The molecule has 2 atom stereocenters. The van der Waals surface area contributed by atoms with Crippen molar-refractivity contribution in [2.75, 3.05) is 13.2 Å². The third-order valence-electron chi connectivity index (χ3n) is 8.98. The highest BCUT2D eigenvalue weighted by Crippen LogP contribution is 2.61. The third-order valence-corrected chi connectivity index (χ3v) is 8.98. The molecule has 1 saturated heterocycles. The number of rotatable bonds is 6. The zero-order chi connectivity index (χ0) is 20.9. The highest BCUT2D eigenvalue weighted by atomic mass is 16.5. The Labute approximate surface area is 179 Å². The second kappa shape index (κ2) is 7.83. The van der Waals surface area contributed by atoms with Crippen LogP contribution in [0.2, 0.25) is 0 Å². The van der Waals surface area contributed by atoms with Crippen molar-refractivity contribution in [3.63, 3.8) is 0 Å². The fourth-order valence-electron chi connectivity index (χ4n) is 7.86. The molecular weight excluding hydrogens is 380 g/mol. The maximum Gasteiger partial charge on any atom is 0.311 e. The van der Waals surface area contributed by atoms with Crippen LogP contribution in [0.4, 0.5) is 0 Å². The van der Waals surface area contributed by atoms with Crippen LogP contribution < -0.4 is 5.32 Å². The minimum atomic E-state index is -0.425. The van der Waals surface area contributed by atoms with Gasteiger partial charge < -0.3 is 15.0 Å². The van der Waals surface area contributed by atoms with Gasteiger partial charge in [0.25, 0.3) is 5.91 Å². The van der Waals surface area contributed by atoms with Crippen LogP contribution in [-0.4, -0.2) is 47.9 Å². The molecule has 0 radical (unpaired) electrons. The van der Waals surface area contributed by atoms with Crippen LogP contribution in [-0.2, 0) is 19.1 Å². The first-order valence-corrected chi connectivity index (χ1v) is 12.2. The Balaban J connectivity index is 1.10. The minimum absolute atomic E-state index is 0.0590. The normalized spacial score (nSPS) is 38.8. The Morgan fingerprint density at radius 1 is 1.10 bits per heavy atom. The molecule has 0 unspecified atom stereocenters. The van der Waals surface area contributed by atoms with Gasteiger partial charge in [0, 0.05) is 25.0 Å². The van der Waals surface area contributed by atoms with Crippen LogP contribution in [0.1, 0.15) is 77.6 Å². The van der Waals surface area contributed by atoms with E-state index in [0.29, 0.717) is 12.6 Å². The number of esters is 1. The van der Waals surface area contributed by atoms with Gasteiger partial charge in [-0.3, -0.25) is 14.4 Å². The molecule has 6 rings (SSSR count). The fraction of sp³-hybridized carbons (Fsp3) is 0.875. The molecule has 0 aromatic rings. The molecule has 6 heteroatoms. The molecular formula is C24H36N2O4. The third kappa shape index (κ3) is 3.75. The molecule has 6 nitrogen and oxygen atoms in total. The van der Waals surface area contributed by atoms with E-state index in [1.807, 2.05) is 4.90 Å². The van der Waals surface area contributed by atoms with Gasteiger partial charge in [0.1, 0.15) is 0 Å². The lowest BCUT2D eigenvalue weighted by Crippen LogP contribution is -2.56. The van der Waals surface area contributed by atoms with Gasteiger partial charge in [-0.25, -0.2) is 0 Å². The highest BCUT2D eigenvalue weighted by molar-refractivity contribution is 5.88. The molecule has 6 aliphatic rings. The van der Waals surface area contributed by atoms with E-state index in [-0.39, 0.29) is 36.3 Å². The maximum absolute atomic E-state index is 12.5. The van der Waals surface area contributed by atoms with Gasteiger partial charge in [-0.15, -0.1) is 0 Å². The largest absolute Gasteiger partial charge is 0.455 e. The minimum Gasteiger partial charge on any atom is -0.455 e. The summed E-state index contributed by atoms with van der Waals surface area (Å²) in [4.78, 5) is 39.2. The summed E-state index contributed by atoms with van der Waals surface area (Å²) in [5.74, 6) is 1.56. The molecule has 4 bridgehead atoms. The summed E-state index contributed by atoms with van der Waals surface area (Å²) in [6, 6.07) is 0.419. The van der Waals surface area contributed by atoms with E-state index in [1.165, 1.54) is 38.5 Å². The number of carbonyl (C=O) groups is 3. The maximum atomic E-state index is 12.5. The van der Waals surface area contributed by atoms with Crippen molar-refractivity contribution in [1.29, 1.82) is 0 Å². The Bertz CT molecular complexity index is 679. The molecule has 30 heavy (non-hydrogen) atoms. The van der Waals surface area contributed by atoms with Gasteiger partial charge in [0.05, 0.1) is 5.92 Å². The predicted octanol–water partition coefficient (Wildman–Crippen LogP) is 3.04. The number of ether oxygens (including phenoxy) is 1. The molecule has 0 spiro atoms. The summed E-state index contributed by atoms with van der Waals surface area (Å²) in [7, 11) is 0. The lowest BCUT2D eigenvalue weighted by molar-refractivity contribution is -0.153. The smallest absolute Gasteiger partial charge is 0.311 e. The molecule has 1 aliphatic heterocycles. The van der Waals surface area contributed by atoms with Crippen molar-refractivity contribution in [3.05, 3.63) is 0 Å². The first kappa shape index (κ1) is 20.3. The monoisotopic (exact) mass is 416 g/mol. The lowest BCUT2D eigenvalue weighted by atomic mass is 9.48. The molecule has 5 saturated carbocycles. The van der Waals surface area contributed by atoms with Crippen LogP contribution in [0.5, 0.6) is 0 Å². The quantitative estimate of drug-likeness (QED) is 0.676. The van der Waals surface area contributed by atoms with E-state index in [9.17, 15) is 14.4 Å². The number of carbonyl (C=O) groups excluding carboxylic acids is 3. The van der Waals surface area contributed by atoms with Gasteiger partial charge in [-0.2, -0.15) is 0 Å².